The summed E-state index contributed by atoms with van der Waals surface area (Å²) in [6.45, 7) is 6.80. The Morgan fingerprint density at radius 2 is 1.44 bits per heavy atom. The highest BCUT2D eigenvalue weighted by Gasteiger charge is 2.59. The van der Waals surface area contributed by atoms with Crippen LogP contribution in [0.1, 0.15) is 56.8 Å². The Labute approximate surface area is 150 Å². The highest BCUT2D eigenvalue weighted by atomic mass is 16.1. The molecule has 130 valence electrons. The van der Waals surface area contributed by atoms with E-state index in [0.717, 1.165) is 6.42 Å². The zero-order valence-corrected chi connectivity index (χ0v) is 15.3. The van der Waals surface area contributed by atoms with Crippen molar-refractivity contribution in [1.29, 1.82) is 0 Å². The van der Waals surface area contributed by atoms with Crippen LogP contribution in [-0.4, -0.2) is 5.78 Å². The second kappa shape index (κ2) is 5.81. The van der Waals surface area contributed by atoms with Gasteiger partial charge in [-0.25, -0.2) is 0 Å². The summed E-state index contributed by atoms with van der Waals surface area (Å²) in [5.74, 6) is 0.451. The van der Waals surface area contributed by atoms with Crippen molar-refractivity contribution in [3.8, 4) is 0 Å². The highest BCUT2D eigenvalue weighted by molar-refractivity contribution is 5.85. The molecule has 0 amide bonds. The largest absolute Gasteiger partial charge is 0.302 e. The van der Waals surface area contributed by atoms with Gasteiger partial charge in [0.2, 0.25) is 0 Å². The number of ketones is 1. The van der Waals surface area contributed by atoms with Crippen molar-refractivity contribution in [3.05, 3.63) is 71.8 Å². The first-order valence-corrected chi connectivity index (χ1v) is 9.29. The van der Waals surface area contributed by atoms with Gasteiger partial charge in [-0.3, -0.25) is 4.79 Å². The summed E-state index contributed by atoms with van der Waals surface area (Å²) < 4.78 is 0. The van der Waals surface area contributed by atoms with Crippen molar-refractivity contribution >= 4 is 5.78 Å². The molecule has 1 saturated carbocycles. The van der Waals surface area contributed by atoms with E-state index in [2.05, 4.69) is 80.7 Å². The van der Waals surface area contributed by atoms with Gasteiger partial charge in [-0.05, 0) is 28.4 Å². The van der Waals surface area contributed by atoms with Crippen LogP contribution in [0.5, 0.6) is 0 Å². The van der Waals surface area contributed by atoms with Crippen molar-refractivity contribution in [1.82, 2.24) is 5.32 Å². The van der Waals surface area contributed by atoms with Crippen LogP contribution in [0.4, 0.5) is 0 Å². The fraction of sp³-hybridized carbons (Fsp3) is 0.435. The smallest absolute Gasteiger partial charge is 0.139 e. The molecule has 1 N–H and O–H groups in total. The molecule has 0 aromatic heterocycles. The van der Waals surface area contributed by atoms with E-state index in [1.54, 1.807) is 0 Å². The zero-order valence-electron chi connectivity index (χ0n) is 15.3. The molecule has 1 aliphatic heterocycles. The van der Waals surface area contributed by atoms with Crippen LogP contribution in [0.25, 0.3) is 0 Å². The van der Waals surface area contributed by atoms with Gasteiger partial charge in [-0.2, -0.15) is 0 Å². The Kier molecular flexibility index (Phi) is 3.84. The maximum atomic E-state index is 13.2. The lowest BCUT2D eigenvalue weighted by Crippen LogP contribution is -2.44. The molecular weight excluding hydrogens is 306 g/mol. The number of nitrogens with one attached hydrogen (secondary N) is 1. The minimum Gasteiger partial charge on any atom is -0.302 e. The van der Waals surface area contributed by atoms with E-state index in [1.807, 2.05) is 6.07 Å². The van der Waals surface area contributed by atoms with E-state index < -0.39 is 0 Å². The van der Waals surface area contributed by atoms with Crippen LogP contribution in [0.15, 0.2) is 60.7 Å². The third kappa shape index (κ3) is 2.73. The second-order valence-corrected chi connectivity index (χ2v) is 8.87. The van der Waals surface area contributed by atoms with Crippen LogP contribution in [0, 0.1) is 16.7 Å². The van der Waals surface area contributed by atoms with E-state index in [1.165, 1.54) is 11.1 Å². The van der Waals surface area contributed by atoms with Crippen molar-refractivity contribution < 1.29 is 4.79 Å². The van der Waals surface area contributed by atoms with Gasteiger partial charge in [0.1, 0.15) is 5.78 Å². The topological polar surface area (TPSA) is 29.1 Å². The maximum absolute atomic E-state index is 13.2. The molecule has 25 heavy (non-hydrogen) atoms. The van der Waals surface area contributed by atoms with Crippen molar-refractivity contribution in [3.63, 3.8) is 0 Å². The van der Waals surface area contributed by atoms with E-state index >= 15 is 0 Å². The van der Waals surface area contributed by atoms with E-state index in [9.17, 15) is 4.79 Å². The molecule has 2 fully saturated rings. The van der Waals surface area contributed by atoms with Gasteiger partial charge >= 0.3 is 0 Å². The minimum absolute atomic E-state index is 0.0353. The molecule has 2 aromatic carbocycles. The Bertz CT molecular complexity index is 767. The number of carbonyl (C=O) groups is 1. The number of hydrogen-bond donors (Lipinski definition) is 1. The van der Waals surface area contributed by atoms with Crippen molar-refractivity contribution in [2.24, 2.45) is 16.7 Å². The average molecular weight is 333 g/mol. The molecule has 2 nitrogen and oxygen atoms in total. The summed E-state index contributed by atoms with van der Waals surface area (Å²) in [6.07, 6.45) is 1.74. The van der Waals surface area contributed by atoms with E-state index in [4.69, 9.17) is 0 Å². The fourth-order valence-corrected chi connectivity index (χ4v) is 5.54. The minimum atomic E-state index is -0.0688. The molecule has 2 heteroatoms. The number of carbonyl (C=O) groups excluding carboxylic acids is 1. The quantitative estimate of drug-likeness (QED) is 0.830. The number of rotatable bonds is 2. The lowest BCUT2D eigenvalue weighted by molar-refractivity contribution is -0.134. The molecule has 0 spiro atoms. The van der Waals surface area contributed by atoms with Crippen molar-refractivity contribution in [2.75, 3.05) is 0 Å². The van der Waals surface area contributed by atoms with E-state index in [0.29, 0.717) is 12.2 Å². The van der Waals surface area contributed by atoms with Crippen molar-refractivity contribution in [2.45, 2.75) is 45.7 Å². The highest BCUT2D eigenvalue weighted by Crippen LogP contribution is 2.61. The molecule has 0 unspecified atom stereocenters. The Balaban J connectivity index is 1.82. The molecule has 1 heterocycles. The molecule has 1 saturated heterocycles. The molecule has 0 bridgehead atoms. The number of hydrogen-bond acceptors (Lipinski definition) is 2. The van der Waals surface area contributed by atoms with Gasteiger partial charge in [0, 0.05) is 24.4 Å². The van der Waals surface area contributed by atoms with Gasteiger partial charge in [0.25, 0.3) is 0 Å². The predicted octanol–water partition coefficient (Wildman–Crippen LogP) is 5.08. The van der Waals surface area contributed by atoms with Crippen LogP contribution < -0.4 is 5.32 Å². The standard InChI is InChI=1S/C23H27NO/c1-22(2)14-18(25)19-20(16-10-6-4-7-11-16)24-21(23(19,3)15-22)17-12-8-5-9-13-17/h4-13,19-21,24H,14-15H2,1-3H3/t19-,20-,21-,23-/m1/s1. The Morgan fingerprint density at radius 1 is 0.880 bits per heavy atom. The summed E-state index contributed by atoms with van der Waals surface area (Å²) in [6, 6.07) is 21.4. The van der Waals surface area contributed by atoms with Crippen LogP contribution >= 0.6 is 0 Å². The number of benzene rings is 2. The third-order valence-electron chi connectivity index (χ3n) is 6.20. The monoisotopic (exact) mass is 333 g/mol. The van der Waals surface area contributed by atoms with Gasteiger partial charge in [-0.15, -0.1) is 0 Å². The van der Waals surface area contributed by atoms with Gasteiger partial charge in [0.05, 0.1) is 0 Å². The first-order valence-electron chi connectivity index (χ1n) is 9.29. The molecule has 4 atom stereocenters. The first-order chi connectivity index (χ1) is 11.9. The Morgan fingerprint density at radius 3 is 2.04 bits per heavy atom. The SMILES string of the molecule is CC1(C)CC(=O)[C@@H]2[C@@H](c3ccccc3)N[C@H](c3ccccc3)[C@]2(C)C1. The third-order valence-corrected chi connectivity index (χ3v) is 6.20. The predicted molar refractivity (Wildman–Crippen MR) is 101 cm³/mol. The van der Waals surface area contributed by atoms with Crippen LogP contribution in [-0.2, 0) is 4.79 Å². The number of fused-ring (bicyclic) bond motifs is 1. The molecule has 4 rings (SSSR count). The fourth-order valence-electron chi connectivity index (χ4n) is 5.54. The lowest BCUT2D eigenvalue weighted by atomic mass is 9.55. The summed E-state index contributed by atoms with van der Waals surface area (Å²) in [5, 5.41) is 3.85. The average Bonchev–Trinajstić information content (AvgIpc) is 2.88. The lowest BCUT2D eigenvalue weighted by Gasteiger charge is -2.47. The normalized spacial score (nSPS) is 33.9. The second-order valence-electron chi connectivity index (χ2n) is 8.87. The Hall–Kier alpha value is -1.93. The summed E-state index contributed by atoms with van der Waals surface area (Å²) in [7, 11) is 0. The van der Waals surface area contributed by atoms with E-state index in [-0.39, 0.29) is 28.8 Å². The molecular formula is C23H27NO. The van der Waals surface area contributed by atoms with Gasteiger partial charge < -0.3 is 5.32 Å². The summed E-state index contributed by atoms with van der Waals surface area (Å²) >= 11 is 0. The molecule has 2 aliphatic rings. The van der Waals surface area contributed by atoms with Crippen LogP contribution in [0.3, 0.4) is 0 Å². The van der Waals surface area contributed by atoms with Gasteiger partial charge in [0.15, 0.2) is 0 Å². The first kappa shape index (κ1) is 16.5. The summed E-state index contributed by atoms with van der Waals surface area (Å²) in [4.78, 5) is 13.2. The number of Topliss-reactive ketones (excluding diaryl/α,β-unsaturated/α-hetero) is 1. The zero-order chi connectivity index (χ0) is 17.7. The molecule has 2 aromatic rings. The van der Waals surface area contributed by atoms with Gasteiger partial charge in [-0.1, -0.05) is 81.4 Å². The summed E-state index contributed by atoms with van der Waals surface area (Å²) in [5.41, 5.74) is 2.51. The maximum Gasteiger partial charge on any atom is 0.139 e. The molecule has 0 radical (unpaired) electrons. The van der Waals surface area contributed by atoms with Crippen LogP contribution in [0.2, 0.25) is 0 Å². The molecule has 1 aliphatic carbocycles.